The predicted molar refractivity (Wildman–Crippen MR) is 52.7 cm³/mol. The Morgan fingerprint density at radius 3 is 2.67 bits per heavy atom. The van der Waals surface area contributed by atoms with Crippen LogP contribution >= 0.6 is 0 Å². The molecule has 5 nitrogen and oxygen atoms in total. The molecule has 0 amide bonds. The minimum absolute atomic E-state index is 0.0394. The van der Waals surface area contributed by atoms with Crippen LogP contribution in [0.5, 0.6) is 0 Å². The van der Waals surface area contributed by atoms with Crippen molar-refractivity contribution >= 4 is 5.97 Å². The lowest BCUT2D eigenvalue weighted by Gasteiger charge is -2.04. The first kappa shape index (κ1) is 9.39. The number of aliphatic carboxylic acids is 1. The summed E-state index contributed by atoms with van der Waals surface area (Å²) in [6, 6.07) is 5.24. The quantitative estimate of drug-likeness (QED) is 0.804. The average molecular weight is 203 g/mol. The molecule has 15 heavy (non-hydrogen) atoms. The standard InChI is InChI=1S/C10H9N3O2/c14-10(15)7-9-3-6-12-13(9)8-1-4-11-5-2-8/h1-6H,7H2,(H,14,15). The van der Waals surface area contributed by atoms with Gasteiger partial charge in [0.15, 0.2) is 0 Å². The van der Waals surface area contributed by atoms with E-state index in [1.165, 1.54) is 0 Å². The molecule has 0 aliphatic heterocycles. The molecule has 0 fully saturated rings. The lowest BCUT2D eigenvalue weighted by Crippen LogP contribution is -2.07. The van der Waals surface area contributed by atoms with Gasteiger partial charge in [0.25, 0.3) is 0 Å². The van der Waals surface area contributed by atoms with Crippen molar-refractivity contribution in [1.82, 2.24) is 14.8 Å². The van der Waals surface area contributed by atoms with Crippen molar-refractivity contribution in [3.8, 4) is 5.69 Å². The highest BCUT2D eigenvalue weighted by Crippen LogP contribution is 2.09. The van der Waals surface area contributed by atoms with Gasteiger partial charge in [-0.25, -0.2) is 4.68 Å². The molecule has 0 bridgehead atoms. The number of carboxylic acid groups (broad SMARTS) is 1. The van der Waals surface area contributed by atoms with Gasteiger partial charge in [-0.2, -0.15) is 5.10 Å². The fourth-order valence-electron chi connectivity index (χ4n) is 1.34. The van der Waals surface area contributed by atoms with Crippen LogP contribution in [0, 0.1) is 0 Å². The Morgan fingerprint density at radius 1 is 1.27 bits per heavy atom. The van der Waals surface area contributed by atoms with Crippen molar-refractivity contribution in [1.29, 1.82) is 0 Å². The van der Waals surface area contributed by atoms with Gasteiger partial charge in [0, 0.05) is 18.6 Å². The normalized spacial score (nSPS) is 10.1. The molecule has 0 atom stereocenters. The van der Waals surface area contributed by atoms with E-state index >= 15 is 0 Å². The SMILES string of the molecule is O=C(O)Cc1ccnn1-c1ccncc1. The van der Waals surface area contributed by atoms with Crippen molar-refractivity contribution in [3.05, 3.63) is 42.5 Å². The third-order valence-electron chi connectivity index (χ3n) is 1.96. The first-order chi connectivity index (χ1) is 7.27. The van der Waals surface area contributed by atoms with Crippen LogP contribution in [-0.4, -0.2) is 25.8 Å². The van der Waals surface area contributed by atoms with Gasteiger partial charge in [0.05, 0.1) is 17.8 Å². The molecule has 2 aromatic rings. The average Bonchev–Trinajstić information content (AvgIpc) is 2.66. The van der Waals surface area contributed by atoms with Gasteiger partial charge in [0.1, 0.15) is 0 Å². The molecular weight excluding hydrogens is 194 g/mol. The van der Waals surface area contributed by atoms with Crippen LogP contribution in [0.1, 0.15) is 5.69 Å². The first-order valence-corrected chi connectivity index (χ1v) is 4.42. The van der Waals surface area contributed by atoms with E-state index in [9.17, 15) is 4.79 Å². The number of pyridine rings is 1. The van der Waals surface area contributed by atoms with E-state index in [4.69, 9.17) is 5.11 Å². The molecular formula is C10H9N3O2. The molecule has 2 heterocycles. The number of carbonyl (C=O) groups is 1. The highest BCUT2D eigenvalue weighted by atomic mass is 16.4. The van der Waals surface area contributed by atoms with Crippen molar-refractivity contribution < 1.29 is 9.90 Å². The van der Waals surface area contributed by atoms with E-state index in [2.05, 4.69) is 10.1 Å². The fourth-order valence-corrected chi connectivity index (χ4v) is 1.34. The van der Waals surface area contributed by atoms with Crippen LogP contribution in [0.2, 0.25) is 0 Å². The molecule has 5 heteroatoms. The van der Waals surface area contributed by atoms with Gasteiger partial charge in [-0.1, -0.05) is 0 Å². The third-order valence-corrected chi connectivity index (χ3v) is 1.96. The minimum Gasteiger partial charge on any atom is -0.481 e. The second-order valence-electron chi connectivity index (χ2n) is 3.01. The summed E-state index contributed by atoms with van der Waals surface area (Å²) in [6.45, 7) is 0. The Bertz CT molecular complexity index is 465. The van der Waals surface area contributed by atoms with Crippen molar-refractivity contribution in [3.63, 3.8) is 0 Å². The van der Waals surface area contributed by atoms with E-state index in [1.54, 1.807) is 41.5 Å². The van der Waals surface area contributed by atoms with E-state index in [0.29, 0.717) is 5.69 Å². The summed E-state index contributed by atoms with van der Waals surface area (Å²) in [7, 11) is 0. The summed E-state index contributed by atoms with van der Waals surface area (Å²) in [4.78, 5) is 14.5. The summed E-state index contributed by atoms with van der Waals surface area (Å²) in [5.41, 5.74) is 1.46. The smallest absolute Gasteiger partial charge is 0.309 e. The predicted octanol–water partition coefficient (Wildman–Crippen LogP) is 0.894. The van der Waals surface area contributed by atoms with Crippen LogP contribution in [0.25, 0.3) is 5.69 Å². The van der Waals surface area contributed by atoms with Crippen molar-refractivity contribution in [2.45, 2.75) is 6.42 Å². The van der Waals surface area contributed by atoms with Crippen LogP contribution in [0.4, 0.5) is 0 Å². The zero-order valence-corrected chi connectivity index (χ0v) is 7.87. The molecule has 0 aliphatic carbocycles. The Labute approximate surface area is 86.0 Å². The zero-order valence-electron chi connectivity index (χ0n) is 7.87. The molecule has 0 aliphatic rings. The van der Waals surface area contributed by atoms with Crippen molar-refractivity contribution in [2.24, 2.45) is 0 Å². The second-order valence-corrected chi connectivity index (χ2v) is 3.01. The Balaban J connectivity index is 2.37. The molecule has 2 rings (SSSR count). The monoisotopic (exact) mass is 203 g/mol. The molecule has 0 saturated heterocycles. The molecule has 0 spiro atoms. The van der Waals surface area contributed by atoms with Crippen LogP contribution < -0.4 is 0 Å². The first-order valence-electron chi connectivity index (χ1n) is 4.42. The lowest BCUT2D eigenvalue weighted by atomic mass is 10.3. The summed E-state index contributed by atoms with van der Waals surface area (Å²) < 4.78 is 1.59. The number of carboxylic acids is 1. The van der Waals surface area contributed by atoms with E-state index < -0.39 is 5.97 Å². The maximum Gasteiger partial charge on any atom is 0.309 e. The molecule has 0 saturated carbocycles. The molecule has 0 aromatic carbocycles. The molecule has 2 aromatic heterocycles. The van der Waals surface area contributed by atoms with Crippen LogP contribution in [0.15, 0.2) is 36.8 Å². The van der Waals surface area contributed by atoms with Gasteiger partial charge >= 0.3 is 5.97 Å². The summed E-state index contributed by atoms with van der Waals surface area (Å²) in [6.07, 6.45) is 4.82. The van der Waals surface area contributed by atoms with Crippen LogP contribution in [-0.2, 0) is 11.2 Å². The third kappa shape index (κ3) is 2.01. The van der Waals surface area contributed by atoms with E-state index in [1.807, 2.05) is 0 Å². The van der Waals surface area contributed by atoms with Gasteiger partial charge in [-0.05, 0) is 18.2 Å². The number of rotatable bonds is 3. The maximum atomic E-state index is 10.6. The molecule has 1 N–H and O–H groups in total. The summed E-state index contributed by atoms with van der Waals surface area (Å²) in [5.74, 6) is -0.870. The van der Waals surface area contributed by atoms with E-state index in [0.717, 1.165) is 5.69 Å². The summed E-state index contributed by atoms with van der Waals surface area (Å²) >= 11 is 0. The van der Waals surface area contributed by atoms with Crippen molar-refractivity contribution in [2.75, 3.05) is 0 Å². The number of nitrogens with zero attached hydrogens (tertiary/aromatic N) is 3. The van der Waals surface area contributed by atoms with Crippen LogP contribution in [0.3, 0.4) is 0 Å². The fraction of sp³-hybridized carbons (Fsp3) is 0.100. The number of hydrogen-bond donors (Lipinski definition) is 1. The Morgan fingerprint density at radius 2 is 2.00 bits per heavy atom. The van der Waals surface area contributed by atoms with Gasteiger partial charge in [-0.3, -0.25) is 9.78 Å². The molecule has 76 valence electrons. The van der Waals surface area contributed by atoms with Gasteiger partial charge < -0.3 is 5.11 Å². The highest BCUT2D eigenvalue weighted by Gasteiger charge is 2.07. The maximum absolute atomic E-state index is 10.6. The summed E-state index contributed by atoms with van der Waals surface area (Å²) in [5, 5.41) is 12.8. The zero-order chi connectivity index (χ0) is 10.7. The number of aromatic nitrogens is 3. The Hall–Kier alpha value is -2.17. The topological polar surface area (TPSA) is 68.0 Å². The van der Waals surface area contributed by atoms with Gasteiger partial charge in [-0.15, -0.1) is 0 Å². The molecule has 0 radical (unpaired) electrons. The van der Waals surface area contributed by atoms with E-state index in [-0.39, 0.29) is 6.42 Å². The van der Waals surface area contributed by atoms with Gasteiger partial charge in [0.2, 0.25) is 0 Å². The highest BCUT2D eigenvalue weighted by molar-refractivity contribution is 5.69. The largest absolute Gasteiger partial charge is 0.481 e. The Kier molecular flexibility index (Phi) is 2.45. The lowest BCUT2D eigenvalue weighted by molar-refractivity contribution is -0.136. The number of hydrogen-bond acceptors (Lipinski definition) is 3. The minimum atomic E-state index is -0.870. The second kappa shape index (κ2) is 3.91. The molecule has 0 unspecified atom stereocenters.